The standard InChI is InChI=1S/C22H24N2O8S/c1-30-17-12-14(13-18(31-2)20(17)32-3)8-9-19(25)23-33(28,29)11-10-24-21(26)15-6-4-5-7-16(15)22(24)27/h4-7,12-13H,8-11H2,1-3H3,(H,23,25). The number of fused-ring (bicyclic) bond motifs is 1. The van der Waals surface area contributed by atoms with E-state index in [-0.39, 0.29) is 30.5 Å². The Morgan fingerprint density at radius 3 is 1.97 bits per heavy atom. The van der Waals surface area contributed by atoms with Crippen LogP contribution in [0.1, 0.15) is 32.7 Å². The number of imide groups is 1. The molecule has 33 heavy (non-hydrogen) atoms. The first-order chi connectivity index (χ1) is 15.7. The van der Waals surface area contributed by atoms with Gasteiger partial charge in [0.05, 0.1) is 38.2 Å². The van der Waals surface area contributed by atoms with Crippen molar-refractivity contribution in [3.63, 3.8) is 0 Å². The number of hydrogen-bond acceptors (Lipinski definition) is 8. The van der Waals surface area contributed by atoms with Crippen LogP contribution in [0.4, 0.5) is 0 Å². The number of carbonyl (C=O) groups excluding carboxylic acids is 3. The zero-order valence-electron chi connectivity index (χ0n) is 18.4. The molecule has 1 N–H and O–H groups in total. The van der Waals surface area contributed by atoms with Crippen LogP contribution in [0.3, 0.4) is 0 Å². The molecule has 3 amide bonds. The van der Waals surface area contributed by atoms with Crippen LogP contribution >= 0.6 is 0 Å². The maximum atomic E-state index is 12.3. The molecule has 2 aromatic rings. The average molecular weight is 477 g/mol. The van der Waals surface area contributed by atoms with Crippen molar-refractivity contribution in [2.45, 2.75) is 12.8 Å². The lowest BCUT2D eigenvalue weighted by molar-refractivity contribution is -0.119. The third-order valence-corrected chi connectivity index (χ3v) is 6.36. The molecule has 1 aliphatic rings. The quantitative estimate of drug-likeness (QED) is 0.510. The molecule has 0 spiro atoms. The van der Waals surface area contributed by atoms with Gasteiger partial charge in [-0.2, -0.15) is 0 Å². The molecular weight excluding hydrogens is 452 g/mol. The molecule has 0 atom stereocenters. The highest BCUT2D eigenvalue weighted by Gasteiger charge is 2.35. The Bertz CT molecular complexity index is 1130. The van der Waals surface area contributed by atoms with Crippen LogP contribution in [0.25, 0.3) is 0 Å². The van der Waals surface area contributed by atoms with Gasteiger partial charge >= 0.3 is 0 Å². The molecule has 1 heterocycles. The molecule has 2 aromatic carbocycles. The molecule has 0 fully saturated rings. The lowest BCUT2D eigenvalue weighted by Gasteiger charge is -2.15. The van der Waals surface area contributed by atoms with E-state index < -0.39 is 33.5 Å². The molecule has 10 nitrogen and oxygen atoms in total. The van der Waals surface area contributed by atoms with Gasteiger partial charge in [0.1, 0.15) is 0 Å². The van der Waals surface area contributed by atoms with Crippen LogP contribution in [-0.4, -0.2) is 64.7 Å². The van der Waals surface area contributed by atoms with Crippen molar-refractivity contribution in [2.24, 2.45) is 0 Å². The van der Waals surface area contributed by atoms with Crippen molar-refractivity contribution < 1.29 is 37.0 Å². The van der Waals surface area contributed by atoms with Gasteiger partial charge in [-0.05, 0) is 36.2 Å². The van der Waals surface area contributed by atoms with Gasteiger partial charge in [0.25, 0.3) is 11.8 Å². The molecule has 0 radical (unpaired) electrons. The van der Waals surface area contributed by atoms with Crippen LogP contribution in [0.2, 0.25) is 0 Å². The first kappa shape index (κ1) is 24.1. The fourth-order valence-corrected chi connectivity index (χ4v) is 4.44. The molecule has 0 bridgehead atoms. The van der Waals surface area contributed by atoms with Crippen molar-refractivity contribution in [1.29, 1.82) is 0 Å². The summed E-state index contributed by atoms with van der Waals surface area (Å²) in [6.07, 6.45) is 0.0986. The monoisotopic (exact) mass is 476 g/mol. The zero-order valence-corrected chi connectivity index (χ0v) is 19.2. The summed E-state index contributed by atoms with van der Waals surface area (Å²) in [5.74, 6) is -1.18. The number of nitrogens with one attached hydrogen (secondary N) is 1. The van der Waals surface area contributed by atoms with Gasteiger partial charge in [0.2, 0.25) is 21.7 Å². The molecule has 0 aromatic heterocycles. The summed E-state index contributed by atoms with van der Waals surface area (Å²) in [5.41, 5.74) is 1.15. The zero-order chi connectivity index (χ0) is 24.2. The van der Waals surface area contributed by atoms with Crippen molar-refractivity contribution >= 4 is 27.7 Å². The maximum Gasteiger partial charge on any atom is 0.261 e. The number of ether oxygens (including phenoxy) is 3. The summed E-state index contributed by atoms with van der Waals surface area (Å²) >= 11 is 0. The van der Waals surface area contributed by atoms with Crippen LogP contribution in [0.5, 0.6) is 17.2 Å². The number of aryl methyl sites for hydroxylation is 1. The number of nitrogens with zero attached hydrogens (tertiary/aromatic N) is 1. The SMILES string of the molecule is COc1cc(CCC(=O)NS(=O)(=O)CCN2C(=O)c3ccccc3C2=O)cc(OC)c1OC. The molecule has 11 heteroatoms. The average Bonchev–Trinajstić information content (AvgIpc) is 3.05. The molecule has 0 saturated carbocycles. The normalized spacial score (nSPS) is 13.0. The van der Waals surface area contributed by atoms with E-state index in [4.69, 9.17) is 14.2 Å². The van der Waals surface area contributed by atoms with Gasteiger partial charge in [-0.3, -0.25) is 24.0 Å². The van der Waals surface area contributed by atoms with Gasteiger partial charge in [0.15, 0.2) is 11.5 Å². The maximum absolute atomic E-state index is 12.3. The van der Waals surface area contributed by atoms with Crippen molar-refractivity contribution in [3.8, 4) is 17.2 Å². The van der Waals surface area contributed by atoms with Gasteiger partial charge in [-0.25, -0.2) is 8.42 Å². The van der Waals surface area contributed by atoms with E-state index >= 15 is 0 Å². The summed E-state index contributed by atoms with van der Waals surface area (Å²) in [4.78, 5) is 37.8. The van der Waals surface area contributed by atoms with Crippen molar-refractivity contribution in [3.05, 3.63) is 53.1 Å². The van der Waals surface area contributed by atoms with Gasteiger partial charge in [0, 0.05) is 13.0 Å². The second kappa shape index (κ2) is 9.90. The van der Waals surface area contributed by atoms with Crippen molar-refractivity contribution in [2.75, 3.05) is 33.6 Å². The molecular formula is C22H24N2O8S. The Morgan fingerprint density at radius 2 is 1.48 bits per heavy atom. The van der Waals surface area contributed by atoms with Crippen LogP contribution in [-0.2, 0) is 21.2 Å². The number of hydrogen-bond donors (Lipinski definition) is 1. The molecule has 0 saturated heterocycles. The van der Waals surface area contributed by atoms with E-state index in [1.165, 1.54) is 33.5 Å². The summed E-state index contributed by atoms with van der Waals surface area (Å²) in [6, 6.07) is 9.61. The fraction of sp³-hybridized carbons (Fsp3) is 0.318. The van der Waals surface area contributed by atoms with E-state index in [0.717, 1.165) is 4.90 Å². The van der Waals surface area contributed by atoms with Crippen molar-refractivity contribution in [1.82, 2.24) is 9.62 Å². The fourth-order valence-electron chi connectivity index (χ4n) is 3.47. The Balaban J connectivity index is 1.57. The van der Waals surface area contributed by atoms with E-state index in [2.05, 4.69) is 0 Å². The highest BCUT2D eigenvalue weighted by atomic mass is 32.2. The van der Waals surface area contributed by atoms with E-state index in [9.17, 15) is 22.8 Å². The number of methoxy groups -OCH3 is 3. The number of amides is 3. The number of rotatable bonds is 10. The van der Waals surface area contributed by atoms with Crippen LogP contribution in [0, 0.1) is 0 Å². The predicted molar refractivity (Wildman–Crippen MR) is 118 cm³/mol. The second-order valence-corrected chi connectivity index (χ2v) is 9.03. The summed E-state index contributed by atoms with van der Waals surface area (Å²) in [5, 5.41) is 0. The number of benzene rings is 2. The molecule has 0 unspecified atom stereocenters. The highest BCUT2D eigenvalue weighted by molar-refractivity contribution is 7.90. The minimum Gasteiger partial charge on any atom is -0.493 e. The van der Waals surface area contributed by atoms with Gasteiger partial charge in [-0.1, -0.05) is 12.1 Å². The summed E-state index contributed by atoms with van der Waals surface area (Å²) in [7, 11) is 0.348. The van der Waals surface area contributed by atoms with Gasteiger partial charge < -0.3 is 14.2 Å². The summed E-state index contributed by atoms with van der Waals surface area (Å²) < 4.78 is 42.4. The first-order valence-electron chi connectivity index (χ1n) is 9.98. The Labute approximate surface area is 191 Å². The highest BCUT2D eigenvalue weighted by Crippen LogP contribution is 2.38. The topological polar surface area (TPSA) is 128 Å². The predicted octanol–water partition coefficient (Wildman–Crippen LogP) is 1.39. The van der Waals surface area contributed by atoms with E-state index in [1.807, 2.05) is 4.72 Å². The van der Waals surface area contributed by atoms with Crippen LogP contribution < -0.4 is 18.9 Å². The first-order valence-corrected chi connectivity index (χ1v) is 11.6. The van der Waals surface area contributed by atoms with Crippen LogP contribution in [0.15, 0.2) is 36.4 Å². The van der Waals surface area contributed by atoms with E-state index in [0.29, 0.717) is 22.8 Å². The second-order valence-electron chi connectivity index (χ2n) is 7.19. The molecule has 176 valence electrons. The van der Waals surface area contributed by atoms with Gasteiger partial charge in [-0.15, -0.1) is 0 Å². The minimum absolute atomic E-state index is 0.120. The number of carbonyl (C=O) groups is 3. The molecule has 0 aliphatic carbocycles. The smallest absolute Gasteiger partial charge is 0.261 e. The molecule has 3 rings (SSSR count). The lowest BCUT2D eigenvalue weighted by atomic mass is 10.1. The molecule has 1 aliphatic heterocycles. The Hall–Kier alpha value is -3.60. The van der Waals surface area contributed by atoms with E-state index in [1.54, 1.807) is 24.3 Å². The Kier molecular flexibility index (Phi) is 7.22. The Morgan fingerprint density at radius 1 is 0.939 bits per heavy atom. The summed E-state index contributed by atoms with van der Waals surface area (Å²) in [6.45, 7) is -0.359. The third-order valence-electron chi connectivity index (χ3n) is 5.10. The minimum atomic E-state index is -4.06. The third kappa shape index (κ3) is 5.25. The number of sulfonamides is 1. The largest absolute Gasteiger partial charge is 0.493 e. The lowest BCUT2D eigenvalue weighted by Crippen LogP contribution is -2.39.